The summed E-state index contributed by atoms with van der Waals surface area (Å²) < 4.78 is 40.1. The molecule has 4 nitrogen and oxygen atoms in total. The Morgan fingerprint density at radius 3 is 2.21 bits per heavy atom. The predicted octanol–water partition coefficient (Wildman–Crippen LogP) is 4.93. The fourth-order valence-electron chi connectivity index (χ4n) is 2.52. The predicted molar refractivity (Wildman–Crippen MR) is 103 cm³/mol. The number of aromatic nitrogens is 1. The van der Waals surface area contributed by atoms with Gasteiger partial charge in [0.15, 0.2) is 0 Å². The largest absolute Gasteiger partial charge is 0.416 e. The highest BCUT2D eigenvalue weighted by molar-refractivity contribution is 9.10. The molecule has 1 heterocycles. The highest BCUT2D eigenvalue weighted by Gasteiger charge is 2.29. The number of nitrogens with one attached hydrogen (secondary N) is 1. The molecule has 0 spiro atoms. The number of hydrogen-bond acceptors (Lipinski definition) is 2. The second-order valence-electron chi connectivity index (χ2n) is 6.04. The number of alkyl halides is 3. The SMILES string of the molecule is O=C(Nc1ccc(Br)cc1)c1ccc(=O)n(Cc2ccc(C(F)(F)F)cc2)c1. The van der Waals surface area contributed by atoms with Crippen molar-refractivity contribution in [2.24, 2.45) is 0 Å². The number of hydrogen-bond donors (Lipinski definition) is 1. The molecule has 28 heavy (non-hydrogen) atoms. The van der Waals surface area contributed by atoms with Gasteiger partial charge in [0.05, 0.1) is 17.7 Å². The van der Waals surface area contributed by atoms with Crippen molar-refractivity contribution in [3.8, 4) is 0 Å². The van der Waals surface area contributed by atoms with Gasteiger partial charge in [-0.1, -0.05) is 28.1 Å². The van der Waals surface area contributed by atoms with Gasteiger partial charge in [-0.2, -0.15) is 13.2 Å². The monoisotopic (exact) mass is 450 g/mol. The summed E-state index contributed by atoms with van der Waals surface area (Å²) >= 11 is 3.31. The number of carbonyl (C=O) groups excluding carboxylic acids is 1. The molecule has 0 aliphatic carbocycles. The van der Waals surface area contributed by atoms with Crippen LogP contribution in [0, 0.1) is 0 Å². The molecule has 0 aliphatic heterocycles. The number of carbonyl (C=O) groups is 1. The van der Waals surface area contributed by atoms with Crippen LogP contribution in [0.1, 0.15) is 21.5 Å². The molecule has 0 aliphatic rings. The second kappa shape index (κ2) is 8.02. The first kappa shape index (κ1) is 19.9. The van der Waals surface area contributed by atoms with Crippen molar-refractivity contribution in [3.63, 3.8) is 0 Å². The Kier molecular flexibility index (Phi) is 5.69. The fraction of sp³-hybridized carbons (Fsp3) is 0.100. The highest BCUT2D eigenvalue weighted by Crippen LogP contribution is 2.29. The number of rotatable bonds is 4. The van der Waals surface area contributed by atoms with E-state index in [-0.39, 0.29) is 17.7 Å². The van der Waals surface area contributed by atoms with E-state index in [1.54, 1.807) is 24.3 Å². The number of nitrogens with zero attached hydrogens (tertiary/aromatic N) is 1. The van der Waals surface area contributed by atoms with Crippen molar-refractivity contribution in [2.45, 2.75) is 12.7 Å². The maximum absolute atomic E-state index is 12.7. The van der Waals surface area contributed by atoms with E-state index in [0.717, 1.165) is 16.6 Å². The molecule has 0 saturated carbocycles. The summed E-state index contributed by atoms with van der Waals surface area (Å²) in [4.78, 5) is 24.5. The van der Waals surface area contributed by atoms with E-state index >= 15 is 0 Å². The average molecular weight is 451 g/mol. The molecule has 3 rings (SSSR count). The van der Waals surface area contributed by atoms with Gasteiger partial charge in [-0.15, -0.1) is 0 Å². The lowest BCUT2D eigenvalue weighted by molar-refractivity contribution is -0.137. The Bertz CT molecular complexity index is 1040. The summed E-state index contributed by atoms with van der Waals surface area (Å²) in [6, 6.07) is 14.2. The van der Waals surface area contributed by atoms with Crippen LogP contribution >= 0.6 is 15.9 Å². The van der Waals surface area contributed by atoms with Gasteiger partial charge in [-0.05, 0) is 48.0 Å². The first-order chi connectivity index (χ1) is 13.2. The molecule has 1 N–H and O–H groups in total. The summed E-state index contributed by atoms with van der Waals surface area (Å²) in [5, 5.41) is 2.72. The van der Waals surface area contributed by atoms with Crippen LogP contribution in [0.2, 0.25) is 0 Å². The lowest BCUT2D eigenvalue weighted by Gasteiger charge is -2.11. The van der Waals surface area contributed by atoms with Gasteiger partial charge in [-0.3, -0.25) is 9.59 Å². The molecule has 0 atom stereocenters. The van der Waals surface area contributed by atoms with Gasteiger partial charge in [0, 0.05) is 22.4 Å². The standard InChI is InChI=1S/C20H14BrF3N2O2/c21-16-6-8-17(9-7-16)25-19(28)14-3-10-18(27)26(12-14)11-13-1-4-15(5-2-13)20(22,23)24/h1-10,12H,11H2,(H,25,28). The van der Waals surface area contributed by atoms with Gasteiger partial charge in [0.25, 0.3) is 11.5 Å². The Hall–Kier alpha value is -2.87. The zero-order valence-corrected chi connectivity index (χ0v) is 15.9. The van der Waals surface area contributed by atoms with Crippen molar-refractivity contribution < 1.29 is 18.0 Å². The van der Waals surface area contributed by atoms with Crippen LogP contribution in [-0.2, 0) is 12.7 Å². The number of pyridine rings is 1. The van der Waals surface area contributed by atoms with E-state index in [4.69, 9.17) is 0 Å². The topological polar surface area (TPSA) is 51.1 Å². The first-order valence-electron chi connectivity index (χ1n) is 8.16. The smallest absolute Gasteiger partial charge is 0.322 e. The third-order valence-electron chi connectivity index (χ3n) is 3.98. The van der Waals surface area contributed by atoms with Crippen molar-refractivity contribution in [2.75, 3.05) is 5.32 Å². The molecular weight excluding hydrogens is 437 g/mol. The van der Waals surface area contributed by atoms with Gasteiger partial charge < -0.3 is 9.88 Å². The number of amides is 1. The van der Waals surface area contributed by atoms with Crippen molar-refractivity contribution in [1.29, 1.82) is 0 Å². The van der Waals surface area contributed by atoms with Crippen LogP contribution in [0.3, 0.4) is 0 Å². The molecule has 0 radical (unpaired) electrons. The average Bonchev–Trinajstić information content (AvgIpc) is 2.65. The van der Waals surface area contributed by atoms with Crippen molar-refractivity contribution >= 4 is 27.5 Å². The molecule has 1 aromatic heterocycles. The zero-order chi connectivity index (χ0) is 20.3. The van der Waals surface area contributed by atoms with Crippen LogP contribution in [0.5, 0.6) is 0 Å². The minimum absolute atomic E-state index is 0.0520. The number of halogens is 4. The lowest BCUT2D eigenvalue weighted by atomic mass is 10.1. The molecule has 144 valence electrons. The summed E-state index contributed by atoms with van der Waals surface area (Å²) in [5.74, 6) is -0.400. The van der Waals surface area contributed by atoms with E-state index in [0.29, 0.717) is 11.3 Å². The molecule has 0 saturated heterocycles. The Labute approximate surface area is 166 Å². The lowest BCUT2D eigenvalue weighted by Crippen LogP contribution is -2.22. The maximum Gasteiger partial charge on any atom is 0.416 e. The van der Waals surface area contributed by atoms with Crippen LogP contribution in [-0.4, -0.2) is 10.5 Å². The Morgan fingerprint density at radius 2 is 1.61 bits per heavy atom. The summed E-state index contributed by atoms with van der Waals surface area (Å²) in [7, 11) is 0. The van der Waals surface area contributed by atoms with Crippen LogP contribution < -0.4 is 10.9 Å². The quantitative estimate of drug-likeness (QED) is 0.612. The fourth-order valence-corrected chi connectivity index (χ4v) is 2.79. The van der Waals surface area contributed by atoms with Crippen LogP contribution in [0.15, 0.2) is 76.1 Å². The van der Waals surface area contributed by atoms with Gasteiger partial charge in [0.1, 0.15) is 0 Å². The summed E-state index contributed by atoms with van der Waals surface area (Å²) in [6.45, 7) is 0.0520. The molecule has 2 aromatic carbocycles. The first-order valence-corrected chi connectivity index (χ1v) is 8.95. The summed E-state index contributed by atoms with van der Waals surface area (Å²) in [5.41, 5.74) is 0.245. The second-order valence-corrected chi connectivity index (χ2v) is 6.96. The van der Waals surface area contributed by atoms with E-state index in [1.165, 1.54) is 35.0 Å². The van der Waals surface area contributed by atoms with E-state index < -0.39 is 17.6 Å². The van der Waals surface area contributed by atoms with Crippen LogP contribution in [0.25, 0.3) is 0 Å². The van der Waals surface area contributed by atoms with E-state index in [2.05, 4.69) is 21.2 Å². The third kappa shape index (κ3) is 4.89. The number of benzene rings is 2. The molecule has 3 aromatic rings. The van der Waals surface area contributed by atoms with E-state index in [9.17, 15) is 22.8 Å². The minimum atomic E-state index is -4.42. The molecule has 0 fully saturated rings. The Balaban J connectivity index is 1.78. The van der Waals surface area contributed by atoms with Crippen molar-refractivity contribution in [3.05, 3.63) is 98.4 Å². The summed E-state index contributed by atoms with van der Waals surface area (Å²) in [6.07, 6.45) is -3.03. The maximum atomic E-state index is 12.7. The normalized spacial score (nSPS) is 11.3. The third-order valence-corrected chi connectivity index (χ3v) is 4.51. The highest BCUT2D eigenvalue weighted by atomic mass is 79.9. The molecule has 1 amide bonds. The molecule has 0 unspecified atom stereocenters. The van der Waals surface area contributed by atoms with Crippen molar-refractivity contribution in [1.82, 2.24) is 4.57 Å². The van der Waals surface area contributed by atoms with Gasteiger partial charge in [-0.25, -0.2) is 0 Å². The van der Waals surface area contributed by atoms with Gasteiger partial charge >= 0.3 is 6.18 Å². The number of anilines is 1. The Morgan fingerprint density at radius 1 is 0.964 bits per heavy atom. The zero-order valence-electron chi connectivity index (χ0n) is 14.3. The minimum Gasteiger partial charge on any atom is -0.322 e. The van der Waals surface area contributed by atoms with E-state index in [1.807, 2.05) is 0 Å². The molecular formula is C20H14BrF3N2O2. The van der Waals surface area contributed by atoms with Crippen LogP contribution in [0.4, 0.5) is 18.9 Å². The molecule has 8 heteroatoms. The van der Waals surface area contributed by atoms with Gasteiger partial charge in [0.2, 0.25) is 0 Å². The molecule has 0 bridgehead atoms.